The summed E-state index contributed by atoms with van der Waals surface area (Å²) < 4.78 is 28.5. The Morgan fingerprint density at radius 1 is 1.33 bits per heavy atom. The van der Waals surface area contributed by atoms with Gasteiger partial charge in [0.2, 0.25) is 5.96 Å². The monoisotopic (exact) mass is 407 g/mol. The van der Waals surface area contributed by atoms with Crippen LogP contribution in [0.1, 0.15) is 10.4 Å². The summed E-state index contributed by atoms with van der Waals surface area (Å²) in [7, 11) is -4.23. The van der Waals surface area contributed by atoms with Gasteiger partial charge in [-0.1, -0.05) is 41.4 Å². The lowest BCUT2D eigenvalue weighted by Gasteiger charge is -2.06. The Hall–Kier alpha value is -1.65. The summed E-state index contributed by atoms with van der Waals surface area (Å²) in [6.45, 7) is 0. The molecule has 1 aromatic heterocycles. The molecule has 0 amide bonds. The number of Topliss-reactive ketones (excluding diaryl/α,β-unsaturated/α-hetero) is 1. The SMILES string of the molecule is N=C(N)NOS(=O)(=O)CC(=O)c1cccc(-c2cc(Cl)sc2Cl)c1. The molecule has 2 aromatic rings. The highest BCUT2D eigenvalue weighted by Crippen LogP contribution is 2.38. The summed E-state index contributed by atoms with van der Waals surface area (Å²) in [6.07, 6.45) is 0. The topological polar surface area (TPSA) is 122 Å². The number of carbonyl (C=O) groups excluding carboxylic acids is 1. The van der Waals surface area contributed by atoms with E-state index in [1.54, 1.807) is 23.7 Å². The molecule has 0 atom stereocenters. The average molecular weight is 408 g/mol. The first kappa shape index (κ1) is 18.7. The third-order valence-corrected chi connectivity index (χ3v) is 5.18. The molecule has 0 aliphatic carbocycles. The van der Waals surface area contributed by atoms with Gasteiger partial charge >= 0.3 is 0 Å². The number of thiophene rings is 1. The number of benzene rings is 1. The van der Waals surface area contributed by atoms with E-state index in [0.717, 1.165) is 0 Å². The highest BCUT2D eigenvalue weighted by atomic mass is 35.5. The van der Waals surface area contributed by atoms with Crippen molar-refractivity contribution >= 4 is 56.4 Å². The number of rotatable bonds is 6. The fraction of sp³-hybridized carbons (Fsp3) is 0.0769. The first-order chi connectivity index (χ1) is 11.2. The van der Waals surface area contributed by atoms with Crippen molar-refractivity contribution in [1.29, 1.82) is 5.41 Å². The minimum absolute atomic E-state index is 0.167. The molecule has 0 radical (unpaired) electrons. The molecule has 2 rings (SSSR count). The normalized spacial score (nSPS) is 11.2. The second kappa shape index (κ2) is 7.49. The van der Waals surface area contributed by atoms with Crippen molar-refractivity contribution in [2.24, 2.45) is 5.73 Å². The number of guanidine groups is 1. The molecule has 0 aliphatic rings. The van der Waals surface area contributed by atoms with Crippen molar-refractivity contribution in [2.45, 2.75) is 0 Å². The smallest absolute Gasteiger partial charge is 0.295 e. The maximum absolute atomic E-state index is 12.2. The van der Waals surface area contributed by atoms with Crippen LogP contribution < -0.4 is 11.2 Å². The molecule has 1 aromatic carbocycles. The van der Waals surface area contributed by atoms with E-state index in [-0.39, 0.29) is 5.56 Å². The van der Waals surface area contributed by atoms with Crippen LogP contribution in [0.15, 0.2) is 30.3 Å². The highest BCUT2D eigenvalue weighted by Gasteiger charge is 2.20. The van der Waals surface area contributed by atoms with Crippen LogP contribution in [0.2, 0.25) is 8.67 Å². The molecule has 0 fully saturated rings. The van der Waals surface area contributed by atoms with Gasteiger partial charge < -0.3 is 5.73 Å². The van der Waals surface area contributed by atoms with Crippen LogP contribution in [-0.4, -0.2) is 25.9 Å². The number of ketones is 1. The molecule has 128 valence electrons. The van der Waals surface area contributed by atoms with Crippen molar-refractivity contribution in [3.05, 3.63) is 44.6 Å². The molecule has 0 saturated heterocycles. The van der Waals surface area contributed by atoms with Gasteiger partial charge in [0.25, 0.3) is 10.1 Å². The quantitative estimate of drug-likeness (QED) is 0.292. The first-order valence-electron chi connectivity index (χ1n) is 6.27. The van der Waals surface area contributed by atoms with Crippen LogP contribution >= 0.6 is 34.5 Å². The highest BCUT2D eigenvalue weighted by molar-refractivity contribution is 7.87. The zero-order valence-corrected chi connectivity index (χ0v) is 15.0. The van der Waals surface area contributed by atoms with E-state index in [0.29, 0.717) is 19.8 Å². The summed E-state index contributed by atoms with van der Waals surface area (Å²) in [5.74, 6) is -2.29. The number of halogens is 2. The van der Waals surface area contributed by atoms with Crippen LogP contribution in [0.25, 0.3) is 11.1 Å². The van der Waals surface area contributed by atoms with Crippen molar-refractivity contribution in [1.82, 2.24) is 5.48 Å². The molecule has 0 bridgehead atoms. The first-order valence-corrected chi connectivity index (χ1v) is 9.42. The Morgan fingerprint density at radius 3 is 2.62 bits per heavy atom. The number of nitrogens with two attached hydrogens (primary N) is 1. The maximum atomic E-state index is 12.2. The van der Waals surface area contributed by atoms with E-state index in [4.69, 9.17) is 34.3 Å². The molecule has 0 spiro atoms. The Labute approximate surface area is 151 Å². The van der Waals surface area contributed by atoms with E-state index in [9.17, 15) is 13.2 Å². The number of nitrogens with one attached hydrogen (secondary N) is 2. The Bertz CT molecular complexity index is 896. The van der Waals surface area contributed by atoms with Gasteiger partial charge in [-0.3, -0.25) is 10.2 Å². The van der Waals surface area contributed by atoms with Crippen molar-refractivity contribution in [3.8, 4) is 11.1 Å². The summed E-state index contributed by atoms with van der Waals surface area (Å²) in [6, 6.07) is 7.98. The molecular formula is C13H11Cl2N3O4S2. The number of carbonyl (C=O) groups is 1. The van der Waals surface area contributed by atoms with Crippen molar-refractivity contribution in [2.75, 3.05) is 5.75 Å². The molecule has 0 unspecified atom stereocenters. The maximum Gasteiger partial charge on any atom is 0.295 e. The minimum Gasteiger partial charge on any atom is -0.368 e. The van der Waals surface area contributed by atoms with Crippen LogP contribution in [-0.2, 0) is 14.4 Å². The number of hydrogen-bond donors (Lipinski definition) is 3. The Morgan fingerprint density at radius 2 is 2.04 bits per heavy atom. The molecule has 0 saturated carbocycles. The Balaban J connectivity index is 2.21. The van der Waals surface area contributed by atoms with Gasteiger partial charge in [0.1, 0.15) is 10.1 Å². The standard InChI is InChI=1S/C13H11Cl2N3O4S2/c14-11-5-9(12(15)23-11)7-2-1-3-8(4-7)10(19)6-24(20,21)22-18-13(16)17/h1-5H,6H2,(H4,16,17,18). The molecule has 7 nitrogen and oxygen atoms in total. The van der Waals surface area contributed by atoms with E-state index in [2.05, 4.69) is 4.28 Å². The van der Waals surface area contributed by atoms with E-state index in [1.807, 2.05) is 0 Å². The number of hydrogen-bond acceptors (Lipinski definition) is 6. The third kappa shape index (κ3) is 4.92. The van der Waals surface area contributed by atoms with E-state index >= 15 is 0 Å². The van der Waals surface area contributed by atoms with E-state index in [1.165, 1.54) is 23.5 Å². The van der Waals surface area contributed by atoms with Gasteiger partial charge in [-0.2, -0.15) is 8.42 Å². The van der Waals surface area contributed by atoms with Crippen LogP contribution in [0.5, 0.6) is 0 Å². The summed E-state index contributed by atoms with van der Waals surface area (Å²) in [4.78, 5) is 12.2. The summed E-state index contributed by atoms with van der Waals surface area (Å²) >= 11 is 13.2. The van der Waals surface area contributed by atoms with Gasteiger partial charge in [-0.05, 0) is 17.7 Å². The summed E-state index contributed by atoms with van der Waals surface area (Å²) in [5, 5.41) is 6.84. The van der Waals surface area contributed by atoms with Crippen LogP contribution in [0.4, 0.5) is 0 Å². The van der Waals surface area contributed by atoms with Gasteiger partial charge in [0.05, 0.1) is 4.34 Å². The molecule has 24 heavy (non-hydrogen) atoms. The fourth-order valence-electron chi connectivity index (χ4n) is 1.78. The zero-order chi connectivity index (χ0) is 17.9. The van der Waals surface area contributed by atoms with Crippen molar-refractivity contribution in [3.63, 3.8) is 0 Å². The van der Waals surface area contributed by atoms with Gasteiger partial charge in [-0.15, -0.1) is 15.6 Å². The molecule has 0 aliphatic heterocycles. The fourth-order valence-corrected chi connectivity index (χ4v) is 4.05. The molecule has 4 N–H and O–H groups in total. The lowest BCUT2D eigenvalue weighted by atomic mass is 10.0. The molecular weight excluding hydrogens is 397 g/mol. The lowest BCUT2D eigenvalue weighted by molar-refractivity contribution is 0.101. The molecule has 1 heterocycles. The summed E-state index contributed by atoms with van der Waals surface area (Å²) in [5.41, 5.74) is 8.05. The second-order valence-corrected chi connectivity index (χ2v) is 8.40. The molecule has 11 heteroatoms. The lowest BCUT2D eigenvalue weighted by Crippen LogP contribution is -2.34. The van der Waals surface area contributed by atoms with Gasteiger partial charge in [0, 0.05) is 11.1 Å². The van der Waals surface area contributed by atoms with Gasteiger partial charge in [-0.25, -0.2) is 5.48 Å². The second-order valence-electron chi connectivity index (χ2n) is 4.54. The predicted octanol–water partition coefficient (Wildman–Crippen LogP) is 2.65. The van der Waals surface area contributed by atoms with Gasteiger partial charge in [0.15, 0.2) is 5.78 Å². The minimum atomic E-state index is -4.23. The van der Waals surface area contributed by atoms with E-state index < -0.39 is 27.6 Å². The average Bonchev–Trinajstić information content (AvgIpc) is 2.84. The van der Waals surface area contributed by atoms with Crippen LogP contribution in [0.3, 0.4) is 0 Å². The zero-order valence-electron chi connectivity index (χ0n) is 11.9. The third-order valence-electron chi connectivity index (χ3n) is 2.74. The number of hydroxylamine groups is 1. The largest absolute Gasteiger partial charge is 0.368 e. The Kier molecular flexibility index (Phi) is 5.83. The van der Waals surface area contributed by atoms with Crippen LogP contribution in [0, 0.1) is 5.41 Å². The van der Waals surface area contributed by atoms with Crippen molar-refractivity contribution < 1.29 is 17.5 Å². The predicted molar refractivity (Wildman–Crippen MR) is 94.0 cm³/mol.